The summed E-state index contributed by atoms with van der Waals surface area (Å²) in [4.78, 5) is 29.9. The van der Waals surface area contributed by atoms with Gasteiger partial charge in [0.25, 0.3) is 11.2 Å². The number of aromatic amines is 1. The molecule has 0 amide bonds. The van der Waals surface area contributed by atoms with Gasteiger partial charge in [-0.2, -0.15) is 10.5 Å². The minimum absolute atomic E-state index is 0.00504. The van der Waals surface area contributed by atoms with Gasteiger partial charge in [0.05, 0.1) is 4.92 Å². The lowest BCUT2D eigenvalue weighted by molar-refractivity contribution is -0.384. The molecule has 1 saturated heterocycles. The molecule has 2 heterocycles. The molecular weight excluding hydrogens is 422 g/mol. The molecule has 1 aliphatic heterocycles. The summed E-state index contributed by atoms with van der Waals surface area (Å²) in [6.45, 7) is 2.60. The summed E-state index contributed by atoms with van der Waals surface area (Å²) >= 11 is 0. The molecular formula is C23H19N7O3. The Kier molecular flexibility index (Phi) is 5.66. The van der Waals surface area contributed by atoms with E-state index in [4.69, 9.17) is 5.73 Å². The molecule has 3 N–H and O–H groups in total. The fourth-order valence-corrected chi connectivity index (χ4v) is 4.07. The highest BCUT2D eigenvalue weighted by Gasteiger charge is 2.26. The third-order valence-electron chi connectivity index (χ3n) is 5.67. The van der Waals surface area contributed by atoms with Crippen LogP contribution in [0.1, 0.15) is 11.1 Å². The zero-order chi connectivity index (χ0) is 23.5. The topological polar surface area (TPSA) is 156 Å². The summed E-state index contributed by atoms with van der Waals surface area (Å²) in [5.41, 5.74) is 6.42. The summed E-state index contributed by atoms with van der Waals surface area (Å²) < 4.78 is 0. The summed E-state index contributed by atoms with van der Waals surface area (Å²) in [7, 11) is 0. The number of nitrogens with zero attached hydrogens (tertiary/aromatic N) is 5. The number of nitrogens with one attached hydrogen (secondary N) is 1. The molecule has 2 aromatic carbocycles. The number of nitrogen functional groups attached to an aromatic ring is 1. The Labute approximate surface area is 188 Å². The van der Waals surface area contributed by atoms with Crippen LogP contribution in [-0.2, 0) is 0 Å². The van der Waals surface area contributed by atoms with E-state index in [1.807, 2.05) is 47.4 Å². The van der Waals surface area contributed by atoms with E-state index in [1.54, 1.807) is 6.07 Å². The van der Waals surface area contributed by atoms with Crippen molar-refractivity contribution in [2.45, 2.75) is 0 Å². The van der Waals surface area contributed by atoms with E-state index in [2.05, 4.69) is 9.88 Å². The quantitative estimate of drug-likeness (QED) is 0.462. The van der Waals surface area contributed by atoms with E-state index < -0.39 is 10.5 Å². The minimum Gasteiger partial charge on any atom is -0.384 e. The molecule has 1 aromatic heterocycles. The van der Waals surface area contributed by atoms with Crippen molar-refractivity contribution in [3.05, 3.63) is 80.1 Å². The van der Waals surface area contributed by atoms with Crippen LogP contribution in [0.3, 0.4) is 0 Å². The molecule has 33 heavy (non-hydrogen) atoms. The number of hydrogen-bond donors (Lipinski definition) is 2. The highest BCUT2D eigenvalue weighted by atomic mass is 16.6. The highest BCUT2D eigenvalue weighted by molar-refractivity contribution is 5.89. The first kappa shape index (κ1) is 21.4. The van der Waals surface area contributed by atoms with Gasteiger partial charge in [0.2, 0.25) is 0 Å². The Morgan fingerprint density at radius 1 is 0.970 bits per heavy atom. The van der Waals surface area contributed by atoms with Gasteiger partial charge in [0.1, 0.15) is 29.1 Å². The van der Waals surface area contributed by atoms with Gasteiger partial charge in [0.15, 0.2) is 0 Å². The van der Waals surface area contributed by atoms with Crippen molar-refractivity contribution in [1.82, 2.24) is 4.98 Å². The lowest BCUT2D eigenvalue weighted by Crippen LogP contribution is -2.46. The van der Waals surface area contributed by atoms with Gasteiger partial charge >= 0.3 is 0 Å². The second-order valence-electron chi connectivity index (χ2n) is 7.48. The van der Waals surface area contributed by atoms with Crippen molar-refractivity contribution >= 4 is 22.9 Å². The molecule has 0 bridgehead atoms. The zero-order valence-electron chi connectivity index (χ0n) is 17.5. The second kappa shape index (κ2) is 8.73. The molecule has 1 fully saturated rings. The number of non-ortho nitro benzene ring substituents is 1. The maximum Gasteiger partial charge on any atom is 0.270 e. The summed E-state index contributed by atoms with van der Waals surface area (Å²) in [6, 6.07) is 18.0. The minimum atomic E-state index is -0.754. The van der Waals surface area contributed by atoms with Crippen LogP contribution in [0.5, 0.6) is 0 Å². The van der Waals surface area contributed by atoms with Crippen molar-refractivity contribution in [2.24, 2.45) is 0 Å². The number of anilines is 3. The maximum absolute atomic E-state index is 12.4. The second-order valence-corrected chi connectivity index (χ2v) is 7.48. The Hall–Kier alpha value is -4.83. The number of hydrogen-bond acceptors (Lipinski definition) is 8. The number of para-hydroxylation sites is 1. The summed E-state index contributed by atoms with van der Waals surface area (Å²) in [5.74, 6) is -0.192. The standard InChI is InChI=1S/C23H19N7O3/c24-13-18-21(19(14-25)23(31)27-22(18)26)17-12-16(30(32)33)6-7-20(17)29-10-8-28(9-11-29)15-4-2-1-3-5-15/h1-7,12H,8-11H2,(H3,26,27,31). The predicted molar refractivity (Wildman–Crippen MR) is 124 cm³/mol. The smallest absolute Gasteiger partial charge is 0.270 e. The molecule has 164 valence electrons. The Morgan fingerprint density at radius 3 is 2.21 bits per heavy atom. The fraction of sp³-hybridized carbons (Fsp3) is 0.174. The van der Waals surface area contributed by atoms with Crippen LogP contribution < -0.4 is 21.1 Å². The predicted octanol–water partition coefficient (Wildman–Crippen LogP) is 2.60. The number of nitrogens with two attached hydrogens (primary N) is 1. The van der Waals surface area contributed by atoms with Crippen LogP contribution in [-0.4, -0.2) is 36.1 Å². The van der Waals surface area contributed by atoms with E-state index in [9.17, 15) is 25.4 Å². The van der Waals surface area contributed by atoms with E-state index in [0.29, 0.717) is 31.9 Å². The van der Waals surface area contributed by atoms with Crippen LogP contribution in [0.2, 0.25) is 0 Å². The molecule has 0 unspecified atom stereocenters. The summed E-state index contributed by atoms with van der Waals surface area (Å²) in [5, 5.41) is 30.8. The van der Waals surface area contributed by atoms with Gasteiger partial charge in [-0.15, -0.1) is 0 Å². The Morgan fingerprint density at radius 2 is 1.61 bits per heavy atom. The first-order valence-corrected chi connectivity index (χ1v) is 10.1. The molecule has 0 saturated carbocycles. The van der Waals surface area contributed by atoms with Gasteiger partial charge in [-0.3, -0.25) is 14.9 Å². The number of rotatable bonds is 4. The van der Waals surface area contributed by atoms with Crippen molar-refractivity contribution in [1.29, 1.82) is 10.5 Å². The number of piperazine rings is 1. The SMILES string of the molecule is N#Cc1c(N)[nH]c(=O)c(C#N)c1-c1cc([N+](=O)[O-])ccc1N1CCN(c2ccccc2)CC1. The third kappa shape index (κ3) is 3.93. The van der Waals surface area contributed by atoms with Crippen LogP contribution in [0.25, 0.3) is 11.1 Å². The van der Waals surface area contributed by atoms with E-state index in [1.165, 1.54) is 12.1 Å². The molecule has 10 nitrogen and oxygen atoms in total. The molecule has 0 atom stereocenters. The molecule has 1 aliphatic rings. The van der Waals surface area contributed by atoms with Crippen molar-refractivity contribution in [3.8, 4) is 23.3 Å². The number of H-pyrrole nitrogens is 1. The molecule has 4 rings (SSSR count). The van der Waals surface area contributed by atoms with Gasteiger partial charge in [-0.1, -0.05) is 18.2 Å². The average Bonchev–Trinajstić information content (AvgIpc) is 2.84. The molecule has 0 spiro atoms. The Bertz CT molecular complexity index is 1360. The van der Waals surface area contributed by atoms with Crippen molar-refractivity contribution in [3.63, 3.8) is 0 Å². The van der Waals surface area contributed by atoms with E-state index in [0.717, 1.165) is 5.69 Å². The van der Waals surface area contributed by atoms with Crippen LogP contribution in [0, 0.1) is 32.8 Å². The van der Waals surface area contributed by atoms with Gasteiger partial charge in [0, 0.05) is 60.8 Å². The highest BCUT2D eigenvalue weighted by Crippen LogP contribution is 2.38. The number of aromatic nitrogens is 1. The molecule has 0 aliphatic carbocycles. The Balaban J connectivity index is 1.82. The maximum atomic E-state index is 12.4. The molecule has 3 aromatic rings. The zero-order valence-corrected chi connectivity index (χ0v) is 17.5. The molecule has 0 radical (unpaired) electrons. The number of benzene rings is 2. The van der Waals surface area contributed by atoms with Gasteiger partial charge in [-0.05, 0) is 18.2 Å². The lowest BCUT2D eigenvalue weighted by atomic mass is 9.94. The average molecular weight is 441 g/mol. The van der Waals surface area contributed by atoms with Crippen LogP contribution >= 0.6 is 0 Å². The number of nitriles is 2. The number of pyridine rings is 1. The fourth-order valence-electron chi connectivity index (χ4n) is 4.07. The van der Waals surface area contributed by atoms with Crippen LogP contribution in [0.4, 0.5) is 22.9 Å². The number of nitro benzene ring substituents is 1. The lowest BCUT2D eigenvalue weighted by Gasteiger charge is -2.38. The molecule has 10 heteroatoms. The van der Waals surface area contributed by atoms with Crippen molar-refractivity contribution in [2.75, 3.05) is 41.7 Å². The van der Waals surface area contributed by atoms with E-state index in [-0.39, 0.29) is 33.8 Å². The number of nitro groups is 1. The largest absolute Gasteiger partial charge is 0.384 e. The summed E-state index contributed by atoms with van der Waals surface area (Å²) in [6.07, 6.45) is 0. The van der Waals surface area contributed by atoms with Gasteiger partial charge in [-0.25, -0.2) is 0 Å². The monoisotopic (exact) mass is 441 g/mol. The third-order valence-corrected chi connectivity index (χ3v) is 5.67. The first-order valence-electron chi connectivity index (χ1n) is 10.1. The van der Waals surface area contributed by atoms with Crippen LogP contribution in [0.15, 0.2) is 53.3 Å². The van der Waals surface area contributed by atoms with E-state index >= 15 is 0 Å². The first-order chi connectivity index (χ1) is 15.9. The van der Waals surface area contributed by atoms with Gasteiger partial charge < -0.3 is 20.5 Å². The van der Waals surface area contributed by atoms with Crippen molar-refractivity contribution < 1.29 is 4.92 Å². The normalized spacial score (nSPS) is 13.3.